The maximum atomic E-state index is 13.3. The number of aliphatic hydroxyl groups is 2. The largest absolute Gasteiger partial charge is 0.395 e. The first-order valence-electron chi connectivity index (χ1n) is 10.7. The van der Waals surface area contributed by atoms with Crippen LogP contribution in [0.3, 0.4) is 0 Å². The molecular formula is C22H29N3O4. The number of hydrogen-bond donors (Lipinski definition) is 2. The number of fused-ring (bicyclic) bond motifs is 2. The molecular weight excluding hydrogens is 370 g/mol. The number of nitrogens with zero attached hydrogens (tertiary/aromatic N) is 3. The molecule has 29 heavy (non-hydrogen) atoms. The molecule has 1 aliphatic carbocycles. The van der Waals surface area contributed by atoms with E-state index in [2.05, 4.69) is 9.55 Å². The molecule has 1 amide bonds. The molecule has 3 fully saturated rings. The number of para-hydroxylation sites is 2. The van der Waals surface area contributed by atoms with Gasteiger partial charge in [-0.05, 0) is 49.7 Å². The number of rotatable bonds is 3. The lowest BCUT2D eigenvalue weighted by molar-refractivity contribution is -0.150. The molecule has 5 rings (SSSR count). The van der Waals surface area contributed by atoms with Gasteiger partial charge in [-0.1, -0.05) is 12.1 Å². The molecule has 0 spiro atoms. The number of aromatic nitrogens is 2. The number of hydrogen-bond acceptors (Lipinski definition) is 5. The Kier molecular flexibility index (Phi) is 4.84. The molecule has 156 valence electrons. The van der Waals surface area contributed by atoms with Gasteiger partial charge in [-0.2, -0.15) is 0 Å². The monoisotopic (exact) mass is 399 g/mol. The van der Waals surface area contributed by atoms with E-state index in [9.17, 15) is 15.0 Å². The summed E-state index contributed by atoms with van der Waals surface area (Å²) in [6.07, 6.45) is 4.09. The summed E-state index contributed by atoms with van der Waals surface area (Å²) in [4.78, 5) is 19.7. The van der Waals surface area contributed by atoms with Crippen LogP contribution in [0, 0.1) is 17.3 Å². The fourth-order valence-electron chi connectivity index (χ4n) is 5.65. The molecule has 3 heterocycles. The summed E-state index contributed by atoms with van der Waals surface area (Å²) in [5.74, 6) is 0.747. The van der Waals surface area contributed by atoms with Crippen molar-refractivity contribution in [2.75, 3.05) is 32.9 Å². The Bertz CT molecular complexity index is 891. The minimum atomic E-state index is -0.690. The topological polar surface area (TPSA) is 87.8 Å². The first kappa shape index (κ1) is 19.0. The maximum absolute atomic E-state index is 13.3. The lowest BCUT2D eigenvalue weighted by Gasteiger charge is -2.37. The van der Waals surface area contributed by atoms with Gasteiger partial charge in [-0.15, -0.1) is 0 Å². The second-order valence-corrected chi connectivity index (χ2v) is 9.03. The minimum Gasteiger partial charge on any atom is -0.395 e. The van der Waals surface area contributed by atoms with Gasteiger partial charge in [0.2, 0.25) is 5.91 Å². The van der Waals surface area contributed by atoms with Crippen molar-refractivity contribution in [2.24, 2.45) is 17.3 Å². The molecule has 0 unspecified atom stereocenters. The van der Waals surface area contributed by atoms with Crippen molar-refractivity contribution in [1.29, 1.82) is 0 Å². The zero-order valence-electron chi connectivity index (χ0n) is 16.6. The van der Waals surface area contributed by atoms with Crippen molar-refractivity contribution in [3.8, 4) is 0 Å². The van der Waals surface area contributed by atoms with Crippen LogP contribution in [0.4, 0.5) is 0 Å². The number of amides is 1. The van der Waals surface area contributed by atoms with Crippen molar-refractivity contribution in [2.45, 2.75) is 37.8 Å². The van der Waals surface area contributed by atoms with Crippen LogP contribution in [0.2, 0.25) is 0 Å². The van der Waals surface area contributed by atoms with Gasteiger partial charge in [0.05, 0.1) is 41.5 Å². The number of ether oxygens (including phenoxy) is 1. The molecule has 7 nitrogen and oxygen atoms in total. The molecule has 4 atom stereocenters. The van der Waals surface area contributed by atoms with Gasteiger partial charge in [0, 0.05) is 26.3 Å². The van der Waals surface area contributed by atoms with Crippen LogP contribution in [0.1, 0.15) is 31.7 Å². The van der Waals surface area contributed by atoms with Crippen LogP contribution in [-0.2, 0) is 9.53 Å². The second kappa shape index (κ2) is 7.38. The van der Waals surface area contributed by atoms with Gasteiger partial charge >= 0.3 is 0 Å². The molecule has 2 aliphatic heterocycles. The van der Waals surface area contributed by atoms with Crippen LogP contribution >= 0.6 is 0 Å². The summed E-state index contributed by atoms with van der Waals surface area (Å²) in [5.41, 5.74) is 1.29. The smallest absolute Gasteiger partial charge is 0.231 e. The SMILES string of the molecule is O=C(N1C[C@H]2C[C@@H](n3cnc4ccccc43)[C@H](O)C[C@H]2C1)C1(CO)CCOCC1. The van der Waals surface area contributed by atoms with Gasteiger partial charge < -0.3 is 24.4 Å². The van der Waals surface area contributed by atoms with Crippen molar-refractivity contribution in [3.05, 3.63) is 30.6 Å². The predicted octanol–water partition coefficient (Wildman–Crippen LogP) is 1.60. The van der Waals surface area contributed by atoms with Crippen LogP contribution in [0.25, 0.3) is 11.0 Å². The Morgan fingerprint density at radius 3 is 2.66 bits per heavy atom. The van der Waals surface area contributed by atoms with Gasteiger partial charge in [0.1, 0.15) is 0 Å². The zero-order valence-corrected chi connectivity index (χ0v) is 16.6. The third kappa shape index (κ3) is 3.16. The summed E-state index contributed by atoms with van der Waals surface area (Å²) >= 11 is 0. The Balaban J connectivity index is 1.34. The fraction of sp³-hybridized carbons (Fsp3) is 0.636. The van der Waals surface area contributed by atoms with Gasteiger partial charge in [0.25, 0.3) is 0 Å². The van der Waals surface area contributed by atoms with Gasteiger partial charge in [-0.3, -0.25) is 4.79 Å². The Labute approximate surface area is 170 Å². The lowest BCUT2D eigenvalue weighted by atomic mass is 9.77. The fourth-order valence-corrected chi connectivity index (χ4v) is 5.65. The number of aliphatic hydroxyl groups excluding tert-OH is 2. The van der Waals surface area contributed by atoms with E-state index in [0.29, 0.717) is 57.4 Å². The van der Waals surface area contributed by atoms with Crippen LogP contribution in [0.15, 0.2) is 30.6 Å². The van der Waals surface area contributed by atoms with E-state index in [1.807, 2.05) is 35.5 Å². The number of benzene rings is 1. The van der Waals surface area contributed by atoms with Crippen LogP contribution in [0.5, 0.6) is 0 Å². The summed E-state index contributed by atoms with van der Waals surface area (Å²) in [7, 11) is 0. The van der Waals surface area contributed by atoms with E-state index in [1.54, 1.807) is 0 Å². The van der Waals surface area contributed by atoms with Crippen molar-refractivity contribution in [3.63, 3.8) is 0 Å². The van der Waals surface area contributed by atoms with Gasteiger partial charge in [-0.25, -0.2) is 4.98 Å². The number of carbonyl (C=O) groups excluding carboxylic acids is 1. The van der Waals surface area contributed by atoms with E-state index in [0.717, 1.165) is 17.5 Å². The standard InChI is InChI=1S/C22H29N3O4/c26-13-22(5-7-29-8-6-22)21(28)24-11-15-9-19(20(27)10-16(15)12-24)25-14-23-17-3-1-2-4-18(17)25/h1-4,14-16,19-20,26-27H,5-13H2/t15-,16+,19-,20-/m1/s1. The quantitative estimate of drug-likeness (QED) is 0.819. The van der Waals surface area contributed by atoms with E-state index < -0.39 is 11.5 Å². The molecule has 2 N–H and O–H groups in total. The highest BCUT2D eigenvalue weighted by molar-refractivity contribution is 5.83. The van der Waals surface area contributed by atoms with Crippen LogP contribution in [-0.4, -0.2) is 69.6 Å². The summed E-state index contributed by atoms with van der Waals surface area (Å²) < 4.78 is 7.52. The van der Waals surface area contributed by atoms with E-state index in [-0.39, 0.29) is 18.6 Å². The number of imidazole rings is 1. The molecule has 2 saturated heterocycles. The molecule has 1 aromatic heterocycles. The van der Waals surface area contributed by atoms with Gasteiger partial charge in [0.15, 0.2) is 0 Å². The molecule has 3 aliphatic rings. The van der Waals surface area contributed by atoms with Crippen LogP contribution < -0.4 is 0 Å². The first-order chi connectivity index (χ1) is 14.1. The summed E-state index contributed by atoms with van der Waals surface area (Å²) in [6.45, 7) is 2.33. The second-order valence-electron chi connectivity index (χ2n) is 9.03. The summed E-state index contributed by atoms with van der Waals surface area (Å²) in [6, 6.07) is 7.98. The Morgan fingerprint density at radius 1 is 1.17 bits per heavy atom. The minimum absolute atomic E-state index is 0.0198. The predicted molar refractivity (Wildman–Crippen MR) is 107 cm³/mol. The first-order valence-corrected chi connectivity index (χ1v) is 10.7. The average molecular weight is 399 g/mol. The Hall–Kier alpha value is -1.96. The lowest BCUT2D eigenvalue weighted by Crippen LogP contribution is -2.48. The van der Waals surface area contributed by atoms with E-state index in [4.69, 9.17) is 4.74 Å². The number of carbonyl (C=O) groups is 1. The average Bonchev–Trinajstić information content (AvgIpc) is 3.36. The number of likely N-dealkylation sites (tertiary alicyclic amines) is 1. The molecule has 0 radical (unpaired) electrons. The van der Waals surface area contributed by atoms with Crippen molar-refractivity contribution in [1.82, 2.24) is 14.5 Å². The highest BCUT2D eigenvalue weighted by atomic mass is 16.5. The van der Waals surface area contributed by atoms with E-state index in [1.165, 1.54) is 0 Å². The Morgan fingerprint density at radius 2 is 1.90 bits per heavy atom. The maximum Gasteiger partial charge on any atom is 0.231 e. The highest BCUT2D eigenvalue weighted by Gasteiger charge is 2.48. The molecule has 1 aromatic carbocycles. The normalized spacial score (nSPS) is 31.7. The zero-order chi connectivity index (χ0) is 20.0. The van der Waals surface area contributed by atoms with Crippen molar-refractivity contribution >= 4 is 16.9 Å². The summed E-state index contributed by atoms with van der Waals surface area (Å²) in [5, 5.41) is 20.9. The van der Waals surface area contributed by atoms with Crippen molar-refractivity contribution < 1.29 is 19.7 Å². The van der Waals surface area contributed by atoms with E-state index >= 15 is 0 Å². The molecule has 0 bridgehead atoms. The molecule has 7 heteroatoms. The third-order valence-electron chi connectivity index (χ3n) is 7.44. The highest BCUT2D eigenvalue weighted by Crippen LogP contribution is 2.44. The third-order valence-corrected chi connectivity index (χ3v) is 7.44. The molecule has 2 aromatic rings. The molecule has 1 saturated carbocycles.